The molecule has 1 aromatic heterocycles. The van der Waals surface area contributed by atoms with Gasteiger partial charge in [-0.25, -0.2) is 4.79 Å². The topological polar surface area (TPSA) is 84.4 Å². The second kappa shape index (κ2) is 4.56. The van der Waals surface area contributed by atoms with Gasteiger partial charge in [0, 0.05) is 11.1 Å². The SMILES string of the molecule is CC(C)c1c(-c2cc(C(=O)O)[nH]n2)ccc2c1OCO2. The van der Waals surface area contributed by atoms with E-state index in [1.54, 1.807) is 0 Å². The van der Waals surface area contributed by atoms with Gasteiger partial charge in [0.15, 0.2) is 11.5 Å². The minimum Gasteiger partial charge on any atom is -0.477 e. The molecule has 1 aromatic carbocycles. The molecule has 0 fully saturated rings. The van der Waals surface area contributed by atoms with Crippen molar-refractivity contribution in [3.8, 4) is 22.8 Å². The molecule has 0 unspecified atom stereocenters. The predicted molar refractivity (Wildman–Crippen MR) is 71.2 cm³/mol. The molecular formula is C14H14N2O4. The summed E-state index contributed by atoms with van der Waals surface area (Å²) in [7, 11) is 0. The van der Waals surface area contributed by atoms with Crippen LogP contribution in [0.25, 0.3) is 11.3 Å². The van der Waals surface area contributed by atoms with Gasteiger partial charge in [0.05, 0.1) is 5.69 Å². The molecule has 0 saturated carbocycles. The Bertz CT molecular complexity index is 676. The molecule has 2 aromatic rings. The summed E-state index contributed by atoms with van der Waals surface area (Å²) in [6.45, 7) is 4.30. The lowest BCUT2D eigenvalue weighted by Gasteiger charge is -2.13. The molecule has 20 heavy (non-hydrogen) atoms. The van der Waals surface area contributed by atoms with Crippen LogP contribution in [-0.2, 0) is 0 Å². The van der Waals surface area contributed by atoms with Crippen molar-refractivity contribution in [2.45, 2.75) is 19.8 Å². The third kappa shape index (κ3) is 1.89. The summed E-state index contributed by atoms with van der Waals surface area (Å²) in [5, 5.41) is 15.6. The number of H-pyrrole nitrogens is 1. The Hall–Kier alpha value is -2.50. The zero-order valence-electron chi connectivity index (χ0n) is 11.1. The van der Waals surface area contributed by atoms with Crippen LogP contribution in [0.15, 0.2) is 18.2 Å². The van der Waals surface area contributed by atoms with E-state index in [9.17, 15) is 4.79 Å². The largest absolute Gasteiger partial charge is 0.477 e. The molecule has 0 spiro atoms. The molecule has 6 nitrogen and oxygen atoms in total. The van der Waals surface area contributed by atoms with Gasteiger partial charge in [0.25, 0.3) is 0 Å². The molecule has 0 amide bonds. The van der Waals surface area contributed by atoms with Crippen LogP contribution in [0, 0.1) is 0 Å². The summed E-state index contributed by atoms with van der Waals surface area (Å²) in [5.41, 5.74) is 2.48. The van der Waals surface area contributed by atoms with Crippen LogP contribution in [0.4, 0.5) is 0 Å². The standard InChI is InChI=1S/C14H14N2O4/c1-7(2)12-8(3-4-11-13(12)20-6-19-11)9-5-10(14(17)18)16-15-9/h3-5,7H,6H2,1-2H3,(H,15,16)(H,17,18). The fourth-order valence-electron chi connectivity index (χ4n) is 2.36. The zero-order valence-corrected chi connectivity index (χ0v) is 11.1. The summed E-state index contributed by atoms with van der Waals surface area (Å²) in [6.07, 6.45) is 0. The molecule has 0 radical (unpaired) electrons. The van der Waals surface area contributed by atoms with Gasteiger partial charge in [0.1, 0.15) is 5.69 Å². The first-order valence-corrected chi connectivity index (χ1v) is 6.29. The van der Waals surface area contributed by atoms with Gasteiger partial charge in [-0.3, -0.25) is 5.10 Å². The van der Waals surface area contributed by atoms with E-state index in [1.807, 2.05) is 26.0 Å². The van der Waals surface area contributed by atoms with Crippen molar-refractivity contribution in [1.29, 1.82) is 0 Å². The number of aromatic carboxylic acids is 1. The van der Waals surface area contributed by atoms with E-state index in [0.29, 0.717) is 11.4 Å². The normalized spacial score (nSPS) is 12.9. The highest BCUT2D eigenvalue weighted by atomic mass is 16.7. The van der Waals surface area contributed by atoms with Gasteiger partial charge < -0.3 is 14.6 Å². The van der Waals surface area contributed by atoms with Crippen molar-refractivity contribution < 1.29 is 19.4 Å². The van der Waals surface area contributed by atoms with E-state index in [4.69, 9.17) is 14.6 Å². The molecule has 104 valence electrons. The highest BCUT2D eigenvalue weighted by molar-refractivity contribution is 5.87. The van der Waals surface area contributed by atoms with Gasteiger partial charge >= 0.3 is 5.97 Å². The number of hydrogen-bond acceptors (Lipinski definition) is 4. The second-order valence-corrected chi connectivity index (χ2v) is 4.89. The van der Waals surface area contributed by atoms with Gasteiger partial charge in [-0.1, -0.05) is 13.8 Å². The number of aromatic nitrogens is 2. The van der Waals surface area contributed by atoms with Crippen LogP contribution in [-0.4, -0.2) is 28.1 Å². The first-order chi connectivity index (χ1) is 9.58. The Labute approximate surface area is 115 Å². The number of benzene rings is 1. The van der Waals surface area contributed by atoms with E-state index < -0.39 is 5.97 Å². The van der Waals surface area contributed by atoms with E-state index in [-0.39, 0.29) is 18.4 Å². The van der Waals surface area contributed by atoms with Crippen LogP contribution < -0.4 is 9.47 Å². The lowest BCUT2D eigenvalue weighted by atomic mass is 9.93. The highest BCUT2D eigenvalue weighted by Crippen LogP contribution is 2.44. The van der Waals surface area contributed by atoms with Crippen molar-refractivity contribution in [3.63, 3.8) is 0 Å². The summed E-state index contributed by atoms with van der Waals surface area (Å²) in [5.74, 6) is 0.603. The number of nitrogens with one attached hydrogen (secondary N) is 1. The van der Waals surface area contributed by atoms with Crippen molar-refractivity contribution in [2.75, 3.05) is 6.79 Å². The van der Waals surface area contributed by atoms with Crippen molar-refractivity contribution in [3.05, 3.63) is 29.5 Å². The number of fused-ring (bicyclic) bond motifs is 1. The van der Waals surface area contributed by atoms with Gasteiger partial charge in [-0.15, -0.1) is 0 Å². The molecule has 0 bridgehead atoms. The van der Waals surface area contributed by atoms with Crippen LogP contribution in [0.3, 0.4) is 0 Å². The number of aromatic amines is 1. The monoisotopic (exact) mass is 274 g/mol. The zero-order chi connectivity index (χ0) is 14.3. The van der Waals surface area contributed by atoms with Crippen molar-refractivity contribution >= 4 is 5.97 Å². The average Bonchev–Trinajstić information content (AvgIpc) is 3.05. The number of carbonyl (C=O) groups is 1. The predicted octanol–water partition coefficient (Wildman–Crippen LogP) is 2.63. The van der Waals surface area contributed by atoms with E-state index >= 15 is 0 Å². The Morgan fingerprint density at radius 2 is 2.20 bits per heavy atom. The van der Waals surface area contributed by atoms with Gasteiger partial charge in [0.2, 0.25) is 6.79 Å². The highest BCUT2D eigenvalue weighted by Gasteiger charge is 2.24. The van der Waals surface area contributed by atoms with E-state index in [0.717, 1.165) is 16.9 Å². The van der Waals surface area contributed by atoms with Crippen LogP contribution in [0.5, 0.6) is 11.5 Å². The number of hydrogen-bond donors (Lipinski definition) is 2. The van der Waals surface area contributed by atoms with Crippen LogP contribution >= 0.6 is 0 Å². The van der Waals surface area contributed by atoms with Crippen molar-refractivity contribution in [2.24, 2.45) is 0 Å². The maximum atomic E-state index is 10.9. The number of ether oxygens (including phenoxy) is 2. The molecular weight excluding hydrogens is 260 g/mol. The third-order valence-corrected chi connectivity index (χ3v) is 3.24. The molecule has 1 aliphatic heterocycles. The first-order valence-electron chi connectivity index (χ1n) is 6.29. The third-order valence-electron chi connectivity index (χ3n) is 3.24. The number of nitrogens with zero attached hydrogens (tertiary/aromatic N) is 1. The molecule has 2 N–H and O–H groups in total. The summed E-state index contributed by atoms with van der Waals surface area (Å²) < 4.78 is 10.9. The Morgan fingerprint density at radius 3 is 2.85 bits per heavy atom. The van der Waals surface area contributed by atoms with Gasteiger partial charge in [-0.05, 0) is 24.1 Å². The second-order valence-electron chi connectivity index (χ2n) is 4.89. The Balaban J connectivity index is 2.15. The number of carboxylic acid groups (broad SMARTS) is 1. The Kier molecular flexibility index (Phi) is 2.85. The maximum Gasteiger partial charge on any atom is 0.353 e. The molecule has 6 heteroatoms. The molecule has 2 heterocycles. The van der Waals surface area contributed by atoms with E-state index in [2.05, 4.69) is 10.2 Å². The molecule has 0 atom stereocenters. The minimum atomic E-state index is -1.03. The fourth-order valence-corrected chi connectivity index (χ4v) is 2.36. The fraction of sp³-hybridized carbons (Fsp3) is 0.286. The number of rotatable bonds is 3. The summed E-state index contributed by atoms with van der Waals surface area (Å²) in [6, 6.07) is 5.22. The lowest BCUT2D eigenvalue weighted by Crippen LogP contribution is -1.97. The average molecular weight is 274 g/mol. The molecule has 1 aliphatic rings. The lowest BCUT2D eigenvalue weighted by molar-refractivity contribution is 0.0690. The van der Waals surface area contributed by atoms with Crippen molar-refractivity contribution in [1.82, 2.24) is 10.2 Å². The molecule has 0 aliphatic carbocycles. The van der Waals surface area contributed by atoms with Crippen LogP contribution in [0.1, 0.15) is 35.8 Å². The van der Waals surface area contributed by atoms with Crippen LogP contribution in [0.2, 0.25) is 0 Å². The quantitative estimate of drug-likeness (QED) is 0.898. The smallest absolute Gasteiger partial charge is 0.353 e. The molecule has 0 saturated heterocycles. The first kappa shape index (κ1) is 12.5. The molecule has 3 rings (SSSR count). The summed E-state index contributed by atoms with van der Waals surface area (Å²) in [4.78, 5) is 10.9. The summed E-state index contributed by atoms with van der Waals surface area (Å²) >= 11 is 0. The minimum absolute atomic E-state index is 0.0624. The number of carboxylic acids is 1. The Morgan fingerprint density at radius 1 is 1.40 bits per heavy atom. The van der Waals surface area contributed by atoms with E-state index in [1.165, 1.54) is 6.07 Å². The van der Waals surface area contributed by atoms with Gasteiger partial charge in [-0.2, -0.15) is 5.10 Å². The maximum absolute atomic E-state index is 10.9.